The van der Waals surface area contributed by atoms with Crippen LogP contribution in [0.25, 0.3) is 11.0 Å². The van der Waals surface area contributed by atoms with Gasteiger partial charge in [0.15, 0.2) is 6.10 Å². The Kier molecular flexibility index (Phi) is 7.06. The van der Waals surface area contributed by atoms with Crippen LogP contribution in [-0.4, -0.2) is 69.7 Å². The van der Waals surface area contributed by atoms with E-state index < -0.39 is 12.3 Å². The molecule has 2 aliphatic rings. The van der Waals surface area contributed by atoms with E-state index in [1.54, 1.807) is 12.4 Å². The summed E-state index contributed by atoms with van der Waals surface area (Å²) in [5, 5.41) is 12.5. The number of hydrogen-bond donors (Lipinski definition) is 2. The molecule has 0 spiro atoms. The van der Waals surface area contributed by atoms with Crippen LogP contribution in [0.1, 0.15) is 37.4 Å². The highest BCUT2D eigenvalue weighted by Gasteiger charge is 2.39. The molecule has 1 aliphatic heterocycles. The second kappa shape index (κ2) is 10.4. The van der Waals surface area contributed by atoms with Crippen LogP contribution in [0.5, 0.6) is 5.75 Å². The summed E-state index contributed by atoms with van der Waals surface area (Å²) in [6.07, 6.45) is 1.11. The Hall–Kier alpha value is -3.25. The SMILES string of the molecule is O[C@@H](c1cnc(NC2CCC(Oc3cc(N4CCOCC4)cc4nccnc34)CC2)nc1)C(F)(F)F. The summed E-state index contributed by atoms with van der Waals surface area (Å²) in [5.41, 5.74) is 2.15. The quantitative estimate of drug-likeness (QED) is 0.520. The summed E-state index contributed by atoms with van der Waals surface area (Å²) in [7, 11) is 0. The highest BCUT2D eigenvalue weighted by molar-refractivity contribution is 5.85. The topological polar surface area (TPSA) is 106 Å². The number of alkyl halides is 3. The van der Waals surface area contributed by atoms with E-state index in [0.29, 0.717) is 19.0 Å². The summed E-state index contributed by atoms with van der Waals surface area (Å²) in [6, 6.07) is 4.12. The van der Waals surface area contributed by atoms with Crippen molar-refractivity contribution in [3.8, 4) is 5.75 Å². The van der Waals surface area contributed by atoms with E-state index in [4.69, 9.17) is 9.47 Å². The molecule has 192 valence electrons. The van der Waals surface area contributed by atoms with Gasteiger partial charge in [-0.15, -0.1) is 0 Å². The van der Waals surface area contributed by atoms with E-state index in [1.807, 2.05) is 12.1 Å². The number of ether oxygens (including phenoxy) is 2. The standard InChI is InChI=1S/C24H27F3N6O3/c25-24(26,27)22(34)15-13-30-23(31-14-15)32-16-1-3-18(4-2-16)36-20-12-17(33-7-9-35-10-8-33)11-19-21(20)29-6-5-28-19/h5-6,11-14,16,18,22,34H,1-4,7-10H2,(H,30,31,32)/t16?,18?,22-/m0/s1. The number of morpholine rings is 1. The van der Waals surface area contributed by atoms with Crippen LogP contribution in [-0.2, 0) is 4.74 Å². The Morgan fingerprint density at radius 2 is 1.69 bits per heavy atom. The minimum atomic E-state index is -4.75. The summed E-state index contributed by atoms with van der Waals surface area (Å²) >= 11 is 0. The van der Waals surface area contributed by atoms with Crippen molar-refractivity contribution in [1.29, 1.82) is 0 Å². The van der Waals surface area contributed by atoms with Gasteiger partial charge < -0.3 is 24.8 Å². The second-order valence-corrected chi connectivity index (χ2v) is 8.99. The van der Waals surface area contributed by atoms with Crippen LogP contribution in [0.2, 0.25) is 0 Å². The smallest absolute Gasteiger partial charge is 0.418 e. The van der Waals surface area contributed by atoms with E-state index in [-0.39, 0.29) is 23.7 Å². The number of anilines is 2. The maximum atomic E-state index is 12.7. The Labute approximate surface area is 205 Å². The molecule has 2 aromatic heterocycles. The normalized spacial score (nSPS) is 21.8. The van der Waals surface area contributed by atoms with Gasteiger partial charge in [0.05, 0.1) is 24.8 Å². The number of fused-ring (bicyclic) bond motifs is 1. The maximum absolute atomic E-state index is 12.7. The van der Waals surface area contributed by atoms with Crippen molar-refractivity contribution < 1.29 is 27.8 Å². The first-order chi connectivity index (χ1) is 17.4. The van der Waals surface area contributed by atoms with Crippen molar-refractivity contribution in [2.24, 2.45) is 0 Å². The molecule has 1 atom stereocenters. The molecule has 3 aromatic rings. The summed E-state index contributed by atoms with van der Waals surface area (Å²) in [4.78, 5) is 19.1. The first-order valence-corrected chi connectivity index (χ1v) is 11.9. The Morgan fingerprint density at radius 1 is 1.00 bits per heavy atom. The minimum Gasteiger partial charge on any atom is -0.488 e. The number of nitrogens with one attached hydrogen (secondary N) is 1. The molecule has 1 saturated heterocycles. The third kappa shape index (κ3) is 5.59. The minimum absolute atomic E-state index is 0.00146. The molecule has 0 radical (unpaired) electrons. The van der Waals surface area contributed by atoms with Crippen LogP contribution in [0.4, 0.5) is 24.8 Å². The van der Waals surface area contributed by atoms with Gasteiger partial charge in [-0.05, 0) is 31.7 Å². The molecule has 1 aliphatic carbocycles. The number of aliphatic hydroxyl groups is 1. The molecule has 2 fully saturated rings. The van der Waals surface area contributed by atoms with Gasteiger partial charge in [0.2, 0.25) is 5.95 Å². The van der Waals surface area contributed by atoms with Crippen molar-refractivity contribution in [2.45, 2.75) is 50.1 Å². The number of hydrogen-bond acceptors (Lipinski definition) is 9. The van der Waals surface area contributed by atoms with E-state index in [9.17, 15) is 18.3 Å². The van der Waals surface area contributed by atoms with Crippen molar-refractivity contribution in [3.05, 3.63) is 42.5 Å². The van der Waals surface area contributed by atoms with Gasteiger partial charge in [-0.2, -0.15) is 13.2 Å². The fraction of sp³-hybridized carbons (Fsp3) is 0.500. The van der Waals surface area contributed by atoms with Gasteiger partial charge in [0.25, 0.3) is 0 Å². The van der Waals surface area contributed by atoms with Crippen molar-refractivity contribution >= 4 is 22.7 Å². The van der Waals surface area contributed by atoms with Crippen molar-refractivity contribution in [1.82, 2.24) is 19.9 Å². The lowest BCUT2D eigenvalue weighted by Crippen LogP contribution is -2.36. The average Bonchev–Trinajstić information content (AvgIpc) is 2.90. The lowest BCUT2D eigenvalue weighted by molar-refractivity contribution is -0.206. The van der Waals surface area contributed by atoms with Crippen LogP contribution in [0, 0.1) is 0 Å². The zero-order valence-corrected chi connectivity index (χ0v) is 19.5. The number of benzene rings is 1. The Balaban J connectivity index is 1.21. The first-order valence-electron chi connectivity index (χ1n) is 11.9. The molecule has 9 nitrogen and oxygen atoms in total. The average molecular weight is 505 g/mol. The Morgan fingerprint density at radius 3 is 2.39 bits per heavy atom. The molecular weight excluding hydrogens is 477 g/mol. The summed E-state index contributed by atoms with van der Waals surface area (Å²) in [5.74, 6) is 0.942. The predicted octanol–water partition coefficient (Wildman–Crippen LogP) is 3.65. The fourth-order valence-electron chi connectivity index (χ4n) is 4.55. The largest absolute Gasteiger partial charge is 0.488 e. The van der Waals surface area contributed by atoms with Crippen molar-refractivity contribution in [2.75, 3.05) is 36.5 Å². The molecule has 12 heteroatoms. The van der Waals surface area contributed by atoms with Gasteiger partial charge >= 0.3 is 6.18 Å². The van der Waals surface area contributed by atoms with Crippen LogP contribution in [0.3, 0.4) is 0 Å². The molecule has 2 N–H and O–H groups in total. The molecule has 1 saturated carbocycles. The predicted molar refractivity (Wildman–Crippen MR) is 126 cm³/mol. The van der Waals surface area contributed by atoms with Gasteiger partial charge in [-0.25, -0.2) is 15.0 Å². The molecule has 1 aromatic carbocycles. The maximum Gasteiger partial charge on any atom is 0.418 e. The number of aliphatic hydroxyl groups excluding tert-OH is 1. The van der Waals surface area contributed by atoms with Crippen LogP contribution in [0.15, 0.2) is 36.9 Å². The van der Waals surface area contributed by atoms with E-state index in [0.717, 1.165) is 67.9 Å². The van der Waals surface area contributed by atoms with E-state index >= 15 is 0 Å². The zero-order chi connectivity index (χ0) is 25.1. The fourth-order valence-corrected chi connectivity index (χ4v) is 4.55. The monoisotopic (exact) mass is 504 g/mol. The van der Waals surface area contributed by atoms with E-state index in [2.05, 4.69) is 30.2 Å². The third-order valence-electron chi connectivity index (χ3n) is 6.50. The van der Waals surface area contributed by atoms with Gasteiger partial charge in [-0.1, -0.05) is 0 Å². The number of rotatable bonds is 6. The van der Waals surface area contributed by atoms with Gasteiger partial charge in [0, 0.05) is 61.2 Å². The van der Waals surface area contributed by atoms with Crippen LogP contribution >= 0.6 is 0 Å². The number of nitrogens with zero attached hydrogens (tertiary/aromatic N) is 5. The molecule has 0 amide bonds. The van der Waals surface area contributed by atoms with Gasteiger partial charge in [-0.3, -0.25) is 4.98 Å². The highest BCUT2D eigenvalue weighted by atomic mass is 19.4. The second-order valence-electron chi connectivity index (χ2n) is 8.99. The third-order valence-corrected chi connectivity index (χ3v) is 6.50. The lowest BCUT2D eigenvalue weighted by Gasteiger charge is -2.31. The Bertz CT molecular complexity index is 1170. The van der Waals surface area contributed by atoms with Crippen LogP contribution < -0.4 is 15.0 Å². The number of aromatic nitrogens is 4. The summed E-state index contributed by atoms with van der Waals surface area (Å²) < 4.78 is 49.9. The molecule has 36 heavy (non-hydrogen) atoms. The zero-order valence-electron chi connectivity index (χ0n) is 19.5. The highest BCUT2D eigenvalue weighted by Crippen LogP contribution is 2.34. The molecule has 0 bridgehead atoms. The van der Waals surface area contributed by atoms with Crippen molar-refractivity contribution in [3.63, 3.8) is 0 Å². The summed E-state index contributed by atoms with van der Waals surface area (Å²) in [6.45, 7) is 2.97. The molecule has 5 rings (SSSR count). The lowest BCUT2D eigenvalue weighted by atomic mass is 9.93. The molecule has 3 heterocycles. The molecular formula is C24H27F3N6O3. The van der Waals surface area contributed by atoms with E-state index in [1.165, 1.54) is 0 Å². The van der Waals surface area contributed by atoms with Gasteiger partial charge in [0.1, 0.15) is 11.3 Å². The first kappa shape index (κ1) is 24.4. The number of halogens is 3. The molecule has 0 unspecified atom stereocenters.